The number of aliphatic carboxylic acids is 1. The summed E-state index contributed by atoms with van der Waals surface area (Å²) in [5.74, 6) is -2.54. The zero-order chi connectivity index (χ0) is 15.0. The van der Waals surface area contributed by atoms with Gasteiger partial charge >= 0.3 is 5.97 Å². The molecule has 19 heavy (non-hydrogen) atoms. The van der Waals surface area contributed by atoms with Crippen LogP contribution in [0.3, 0.4) is 0 Å². The molecule has 1 heterocycles. The van der Waals surface area contributed by atoms with Crippen molar-refractivity contribution < 1.29 is 29.1 Å². The normalized spacial score (nSPS) is 12.8. The Kier molecular flexibility index (Phi) is 6.72. The topological polar surface area (TPSA) is 121 Å². The molecule has 0 atom stereocenters. The average Bonchev–Trinajstić information content (AvgIpc) is 2.54. The second-order valence-electron chi connectivity index (χ2n) is 3.54. The first-order valence-corrected chi connectivity index (χ1v) is 5.27. The second-order valence-corrected chi connectivity index (χ2v) is 3.54. The summed E-state index contributed by atoms with van der Waals surface area (Å²) in [5.41, 5.74) is 0. The van der Waals surface area contributed by atoms with Crippen molar-refractivity contribution >= 4 is 29.6 Å². The number of carboxylic acid groups (broad SMARTS) is 1. The van der Waals surface area contributed by atoms with Crippen LogP contribution >= 0.6 is 0 Å². The third-order valence-electron chi connectivity index (χ3n) is 1.80. The third-order valence-corrected chi connectivity index (χ3v) is 1.80. The lowest BCUT2D eigenvalue weighted by Gasteiger charge is -2.10. The van der Waals surface area contributed by atoms with E-state index in [0.29, 0.717) is 0 Å². The molecule has 104 valence electrons. The van der Waals surface area contributed by atoms with Crippen molar-refractivity contribution in [1.82, 2.24) is 10.2 Å². The minimum atomic E-state index is -1.03. The van der Waals surface area contributed by atoms with E-state index < -0.39 is 17.8 Å². The predicted octanol–water partition coefficient (Wildman–Crippen LogP) is -0.945. The van der Waals surface area contributed by atoms with Crippen molar-refractivity contribution in [3.8, 4) is 0 Å². The fraction of sp³-hybridized carbons (Fsp3) is 0.364. The molecule has 0 saturated heterocycles. The maximum absolute atomic E-state index is 10.8. The van der Waals surface area contributed by atoms with Crippen LogP contribution in [-0.2, 0) is 24.0 Å². The van der Waals surface area contributed by atoms with Gasteiger partial charge < -0.3 is 5.11 Å². The largest absolute Gasteiger partial charge is 0.481 e. The van der Waals surface area contributed by atoms with Gasteiger partial charge in [0.2, 0.25) is 11.8 Å². The van der Waals surface area contributed by atoms with E-state index >= 15 is 0 Å². The summed E-state index contributed by atoms with van der Waals surface area (Å²) < 4.78 is 0. The van der Waals surface area contributed by atoms with Crippen LogP contribution in [0.5, 0.6) is 0 Å². The standard InChI is InChI=1S/C7H7NO4.C4H7NO2/c9-5-1-2-6(10)8(5)4-3-7(11)12;1-3(6)5-4(2)7/h1-2H,3-4H2,(H,11,12);1-2H3,(H,5,6,7). The van der Waals surface area contributed by atoms with Crippen molar-refractivity contribution in [2.45, 2.75) is 20.3 Å². The number of carbonyl (C=O) groups excluding carboxylic acids is 4. The lowest BCUT2D eigenvalue weighted by molar-refractivity contribution is -0.140. The number of amides is 4. The zero-order valence-corrected chi connectivity index (χ0v) is 10.5. The molecule has 8 nitrogen and oxygen atoms in total. The Balaban J connectivity index is 0.000000399. The molecule has 1 rings (SSSR count). The van der Waals surface area contributed by atoms with Crippen molar-refractivity contribution in [3.05, 3.63) is 12.2 Å². The van der Waals surface area contributed by atoms with Crippen molar-refractivity contribution in [1.29, 1.82) is 0 Å². The first-order valence-electron chi connectivity index (χ1n) is 5.27. The van der Waals surface area contributed by atoms with Crippen LogP contribution in [0.1, 0.15) is 20.3 Å². The van der Waals surface area contributed by atoms with Gasteiger partial charge in [-0.2, -0.15) is 0 Å². The molecule has 0 unspecified atom stereocenters. The zero-order valence-electron chi connectivity index (χ0n) is 10.5. The first-order chi connectivity index (χ1) is 8.73. The molecule has 0 saturated carbocycles. The number of nitrogens with zero attached hydrogens (tertiary/aromatic N) is 1. The maximum Gasteiger partial charge on any atom is 0.305 e. The van der Waals surface area contributed by atoms with E-state index in [-0.39, 0.29) is 24.8 Å². The van der Waals surface area contributed by atoms with E-state index in [0.717, 1.165) is 17.1 Å². The van der Waals surface area contributed by atoms with Gasteiger partial charge in [-0.3, -0.25) is 34.2 Å². The Morgan fingerprint density at radius 1 is 1.11 bits per heavy atom. The molecule has 0 fully saturated rings. The van der Waals surface area contributed by atoms with E-state index in [1.807, 2.05) is 5.32 Å². The molecule has 0 radical (unpaired) electrons. The maximum atomic E-state index is 10.8. The van der Waals surface area contributed by atoms with Gasteiger partial charge in [0.1, 0.15) is 0 Å². The summed E-state index contributed by atoms with van der Waals surface area (Å²) in [5, 5.41) is 10.3. The number of nitrogens with one attached hydrogen (secondary N) is 1. The van der Waals surface area contributed by atoms with Crippen LogP contribution in [0.25, 0.3) is 0 Å². The SMILES string of the molecule is CC(=O)NC(C)=O.O=C(O)CCN1C(=O)C=CC1=O. The van der Waals surface area contributed by atoms with Gasteiger partial charge in [0.05, 0.1) is 6.42 Å². The molecule has 1 aliphatic heterocycles. The fourth-order valence-corrected chi connectivity index (χ4v) is 1.11. The highest BCUT2D eigenvalue weighted by Crippen LogP contribution is 2.03. The van der Waals surface area contributed by atoms with Gasteiger partial charge in [-0.05, 0) is 0 Å². The van der Waals surface area contributed by atoms with E-state index in [9.17, 15) is 24.0 Å². The van der Waals surface area contributed by atoms with Crippen LogP contribution in [0, 0.1) is 0 Å². The van der Waals surface area contributed by atoms with Crippen LogP contribution < -0.4 is 5.32 Å². The molecule has 2 N–H and O–H groups in total. The lowest BCUT2D eigenvalue weighted by atomic mass is 10.4. The van der Waals surface area contributed by atoms with E-state index in [4.69, 9.17) is 5.11 Å². The second kappa shape index (κ2) is 7.75. The van der Waals surface area contributed by atoms with Gasteiger partial charge in [-0.15, -0.1) is 0 Å². The van der Waals surface area contributed by atoms with Gasteiger partial charge in [-0.25, -0.2) is 0 Å². The molecule has 0 aromatic heterocycles. The summed E-state index contributed by atoms with van der Waals surface area (Å²) in [7, 11) is 0. The van der Waals surface area contributed by atoms with E-state index in [1.165, 1.54) is 13.8 Å². The van der Waals surface area contributed by atoms with Crippen molar-refractivity contribution in [2.24, 2.45) is 0 Å². The third kappa shape index (κ3) is 7.42. The Morgan fingerprint density at radius 3 is 1.79 bits per heavy atom. The molecule has 1 aliphatic rings. The van der Waals surface area contributed by atoms with Gasteiger partial charge in [-0.1, -0.05) is 0 Å². The molecule has 8 heteroatoms. The quantitative estimate of drug-likeness (QED) is 0.638. The summed E-state index contributed by atoms with van der Waals surface area (Å²) in [4.78, 5) is 52.5. The van der Waals surface area contributed by atoms with Crippen LogP contribution in [0.15, 0.2) is 12.2 Å². The number of carboxylic acids is 1. The molecule has 0 aromatic rings. The molecule has 0 bridgehead atoms. The predicted molar refractivity (Wildman–Crippen MR) is 62.6 cm³/mol. The average molecular weight is 270 g/mol. The highest BCUT2D eigenvalue weighted by atomic mass is 16.4. The number of hydrogen-bond acceptors (Lipinski definition) is 5. The first kappa shape index (κ1) is 16.5. The number of imide groups is 2. The summed E-state index contributed by atoms with van der Waals surface area (Å²) in [6, 6.07) is 0. The van der Waals surface area contributed by atoms with E-state index in [2.05, 4.69) is 0 Å². The Labute approximate surface area is 109 Å². The monoisotopic (exact) mass is 270 g/mol. The smallest absolute Gasteiger partial charge is 0.305 e. The minimum absolute atomic E-state index is 0.0556. The van der Waals surface area contributed by atoms with E-state index in [1.54, 1.807) is 0 Å². The molecule has 0 spiro atoms. The Morgan fingerprint density at radius 2 is 1.53 bits per heavy atom. The number of hydrogen-bond donors (Lipinski definition) is 2. The minimum Gasteiger partial charge on any atom is -0.481 e. The van der Waals surface area contributed by atoms with Crippen LogP contribution in [0.4, 0.5) is 0 Å². The number of rotatable bonds is 3. The van der Waals surface area contributed by atoms with Gasteiger partial charge in [0, 0.05) is 32.5 Å². The van der Waals surface area contributed by atoms with Gasteiger partial charge in [0.25, 0.3) is 11.8 Å². The number of carbonyl (C=O) groups is 5. The van der Waals surface area contributed by atoms with Crippen molar-refractivity contribution in [2.75, 3.05) is 6.54 Å². The van der Waals surface area contributed by atoms with Gasteiger partial charge in [0.15, 0.2) is 0 Å². The fourth-order valence-electron chi connectivity index (χ4n) is 1.11. The molecule has 0 aliphatic carbocycles. The summed E-state index contributed by atoms with van der Waals surface area (Å²) in [6.45, 7) is 2.53. The molecule has 0 aromatic carbocycles. The Hall–Kier alpha value is -2.51. The van der Waals surface area contributed by atoms with Crippen LogP contribution in [-0.4, -0.2) is 46.1 Å². The summed E-state index contributed by atoms with van der Waals surface area (Å²) >= 11 is 0. The Bertz CT molecular complexity index is 410. The molecule has 4 amide bonds. The highest BCUT2D eigenvalue weighted by Gasteiger charge is 2.23. The highest BCUT2D eigenvalue weighted by molar-refractivity contribution is 6.12. The summed E-state index contributed by atoms with van der Waals surface area (Å²) in [6.07, 6.45) is 2.05. The van der Waals surface area contributed by atoms with Crippen LogP contribution in [0.2, 0.25) is 0 Å². The lowest BCUT2D eigenvalue weighted by Crippen LogP contribution is -2.31. The molecular formula is C11H14N2O6. The molecular weight excluding hydrogens is 256 g/mol. The van der Waals surface area contributed by atoms with Crippen molar-refractivity contribution in [3.63, 3.8) is 0 Å².